The summed E-state index contributed by atoms with van der Waals surface area (Å²) < 4.78 is 0. The van der Waals surface area contributed by atoms with Gasteiger partial charge in [0.25, 0.3) is 5.91 Å². The summed E-state index contributed by atoms with van der Waals surface area (Å²) in [5, 5.41) is 5.95. The van der Waals surface area contributed by atoms with E-state index in [4.69, 9.17) is 0 Å². The molecule has 1 aliphatic carbocycles. The maximum absolute atomic E-state index is 12.9. The zero-order valence-corrected chi connectivity index (χ0v) is 14.0. The van der Waals surface area contributed by atoms with E-state index in [-0.39, 0.29) is 23.8 Å². The average Bonchev–Trinajstić information content (AvgIpc) is 3.14. The van der Waals surface area contributed by atoms with Crippen LogP contribution in [-0.4, -0.2) is 40.0 Å². The molecule has 1 aromatic rings. The summed E-state index contributed by atoms with van der Waals surface area (Å²) in [6, 6.07) is 10.1. The van der Waals surface area contributed by atoms with E-state index in [1.54, 1.807) is 0 Å². The molecule has 126 valence electrons. The summed E-state index contributed by atoms with van der Waals surface area (Å²) in [6.07, 6.45) is 5.87. The highest BCUT2D eigenvalue weighted by Crippen LogP contribution is 2.41. The van der Waals surface area contributed by atoms with Gasteiger partial charge in [0, 0.05) is 19.5 Å². The zero-order chi connectivity index (χ0) is 16.7. The van der Waals surface area contributed by atoms with Crippen molar-refractivity contribution in [3.8, 4) is 0 Å². The van der Waals surface area contributed by atoms with Crippen LogP contribution in [0.3, 0.4) is 0 Å². The molecule has 0 bridgehead atoms. The Morgan fingerprint density at radius 3 is 2.50 bits per heavy atom. The minimum Gasteiger partial charge on any atom is -0.334 e. The number of rotatable bonds is 2. The lowest BCUT2D eigenvalue weighted by Crippen LogP contribution is -2.40. The molecule has 2 atom stereocenters. The van der Waals surface area contributed by atoms with Crippen molar-refractivity contribution >= 4 is 17.5 Å². The quantitative estimate of drug-likeness (QED) is 0.839. The van der Waals surface area contributed by atoms with E-state index in [0.29, 0.717) is 18.3 Å². The lowest BCUT2D eigenvalue weighted by Gasteiger charge is -2.32. The number of carbonyl (C=O) groups is 2. The molecule has 24 heavy (non-hydrogen) atoms. The van der Waals surface area contributed by atoms with E-state index in [9.17, 15) is 9.59 Å². The summed E-state index contributed by atoms with van der Waals surface area (Å²) >= 11 is 0. The Labute approximate surface area is 142 Å². The van der Waals surface area contributed by atoms with Crippen molar-refractivity contribution in [2.24, 2.45) is 11.0 Å². The predicted molar refractivity (Wildman–Crippen MR) is 91.2 cm³/mol. The first-order valence-corrected chi connectivity index (χ1v) is 8.91. The monoisotopic (exact) mass is 325 g/mol. The van der Waals surface area contributed by atoms with E-state index in [1.807, 2.05) is 35.2 Å². The molecule has 2 aliphatic heterocycles. The molecule has 2 amide bonds. The lowest BCUT2D eigenvalue weighted by molar-refractivity contribution is -0.131. The molecule has 1 saturated heterocycles. The van der Waals surface area contributed by atoms with Gasteiger partial charge >= 0.3 is 0 Å². The third kappa shape index (κ3) is 2.43. The lowest BCUT2D eigenvalue weighted by atomic mass is 9.91. The molecule has 5 heteroatoms. The van der Waals surface area contributed by atoms with Gasteiger partial charge in [0.05, 0.1) is 12.0 Å². The number of fused-ring (bicyclic) bond motifs is 1. The highest BCUT2D eigenvalue weighted by molar-refractivity contribution is 6.42. The van der Waals surface area contributed by atoms with Gasteiger partial charge in [-0.05, 0) is 18.4 Å². The van der Waals surface area contributed by atoms with Gasteiger partial charge in [-0.25, -0.2) is 5.01 Å². The van der Waals surface area contributed by atoms with Crippen LogP contribution in [-0.2, 0) is 9.59 Å². The number of amides is 2. The third-order valence-corrected chi connectivity index (χ3v) is 5.56. The van der Waals surface area contributed by atoms with Crippen molar-refractivity contribution in [1.29, 1.82) is 0 Å². The van der Waals surface area contributed by atoms with Crippen LogP contribution in [0.4, 0.5) is 0 Å². The van der Waals surface area contributed by atoms with Gasteiger partial charge in [-0.2, -0.15) is 5.10 Å². The number of nitrogens with zero attached hydrogens (tertiary/aromatic N) is 3. The van der Waals surface area contributed by atoms with Crippen LogP contribution in [0.1, 0.15) is 50.6 Å². The molecule has 1 aromatic carbocycles. The number of hydrazone groups is 1. The van der Waals surface area contributed by atoms with Crippen LogP contribution in [0.15, 0.2) is 35.4 Å². The average molecular weight is 325 g/mol. The predicted octanol–water partition coefficient (Wildman–Crippen LogP) is 2.74. The fourth-order valence-corrected chi connectivity index (χ4v) is 4.40. The number of hydrogen-bond acceptors (Lipinski definition) is 3. The van der Waals surface area contributed by atoms with Crippen LogP contribution in [0.25, 0.3) is 0 Å². The maximum Gasteiger partial charge on any atom is 0.270 e. The Morgan fingerprint density at radius 2 is 1.83 bits per heavy atom. The Morgan fingerprint density at radius 1 is 1.12 bits per heavy atom. The normalized spacial score (nSPS) is 27.4. The van der Waals surface area contributed by atoms with E-state index < -0.39 is 0 Å². The van der Waals surface area contributed by atoms with Crippen molar-refractivity contribution in [1.82, 2.24) is 9.91 Å². The van der Waals surface area contributed by atoms with Crippen LogP contribution >= 0.6 is 0 Å². The van der Waals surface area contributed by atoms with E-state index in [1.165, 1.54) is 31.2 Å². The van der Waals surface area contributed by atoms with Gasteiger partial charge in [0.15, 0.2) is 0 Å². The van der Waals surface area contributed by atoms with E-state index in [0.717, 1.165) is 18.4 Å². The Kier molecular flexibility index (Phi) is 3.87. The molecule has 2 heterocycles. The molecule has 0 radical (unpaired) electrons. The first kappa shape index (κ1) is 15.4. The smallest absolute Gasteiger partial charge is 0.270 e. The van der Waals surface area contributed by atoms with E-state index >= 15 is 0 Å². The summed E-state index contributed by atoms with van der Waals surface area (Å²) in [7, 11) is 0. The SMILES string of the molecule is CC(=O)N1N=C2C(=O)N(C3CCCCC3)C[C@@H]2[C@H]1c1ccccc1. The molecular weight excluding hydrogens is 302 g/mol. The fraction of sp³-hybridized carbons (Fsp3) is 0.526. The van der Waals surface area contributed by atoms with Crippen LogP contribution in [0.5, 0.6) is 0 Å². The summed E-state index contributed by atoms with van der Waals surface area (Å²) in [6.45, 7) is 2.20. The second kappa shape index (κ2) is 6.04. The molecule has 0 aromatic heterocycles. The van der Waals surface area contributed by atoms with Gasteiger partial charge in [0.2, 0.25) is 5.91 Å². The molecule has 4 rings (SSSR count). The Balaban J connectivity index is 1.65. The first-order valence-electron chi connectivity index (χ1n) is 8.91. The van der Waals surface area contributed by atoms with E-state index in [2.05, 4.69) is 5.10 Å². The van der Waals surface area contributed by atoms with Gasteiger partial charge in [-0.3, -0.25) is 9.59 Å². The van der Waals surface area contributed by atoms with Crippen LogP contribution in [0.2, 0.25) is 0 Å². The minimum atomic E-state index is -0.156. The highest BCUT2D eigenvalue weighted by atomic mass is 16.2. The molecule has 1 saturated carbocycles. The topological polar surface area (TPSA) is 53.0 Å². The van der Waals surface area contributed by atoms with Gasteiger partial charge in [-0.1, -0.05) is 49.6 Å². The Bertz CT molecular complexity index is 679. The zero-order valence-electron chi connectivity index (χ0n) is 14.0. The number of benzene rings is 1. The molecular formula is C19H23N3O2. The van der Waals surface area contributed by atoms with Crippen molar-refractivity contribution in [3.63, 3.8) is 0 Å². The second-order valence-corrected chi connectivity index (χ2v) is 7.06. The minimum absolute atomic E-state index is 0.00859. The highest BCUT2D eigenvalue weighted by Gasteiger charge is 2.51. The number of carbonyl (C=O) groups excluding carboxylic acids is 2. The maximum atomic E-state index is 12.9. The van der Waals surface area contributed by atoms with Gasteiger partial charge in [0.1, 0.15) is 5.71 Å². The summed E-state index contributed by atoms with van der Waals surface area (Å²) in [5.41, 5.74) is 1.62. The number of hydrogen-bond donors (Lipinski definition) is 0. The van der Waals surface area contributed by atoms with Crippen molar-refractivity contribution in [3.05, 3.63) is 35.9 Å². The molecule has 5 nitrogen and oxygen atoms in total. The Hall–Kier alpha value is -2.17. The molecule has 0 N–H and O–H groups in total. The molecule has 2 fully saturated rings. The van der Waals surface area contributed by atoms with Crippen LogP contribution < -0.4 is 0 Å². The van der Waals surface area contributed by atoms with Crippen LogP contribution in [0, 0.1) is 5.92 Å². The molecule has 0 unspecified atom stereocenters. The fourth-order valence-electron chi connectivity index (χ4n) is 4.40. The van der Waals surface area contributed by atoms with Gasteiger partial charge in [-0.15, -0.1) is 0 Å². The van der Waals surface area contributed by atoms with Crippen molar-refractivity contribution in [2.75, 3.05) is 6.54 Å². The number of likely N-dealkylation sites (tertiary alicyclic amines) is 1. The first-order chi connectivity index (χ1) is 11.7. The summed E-state index contributed by atoms with van der Waals surface area (Å²) in [5.74, 6) is -0.0786. The van der Waals surface area contributed by atoms with Crippen molar-refractivity contribution < 1.29 is 9.59 Å². The second-order valence-electron chi connectivity index (χ2n) is 7.06. The van der Waals surface area contributed by atoms with Crippen molar-refractivity contribution in [2.45, 2.75) is 51.1 Å². The molecule has 3 aliphatic rings. The van der Waals surface area contributed by atoms with Gasteiger partial charge < -0.3 is 4.90 Å². The molecule has 0 spiro atoms. The standard InChI is InChI=1S/C19H23N3O2/c1-13(23)22-18(14-8-4-2-5-9-14)16-12-21(19(24)17(16)20-22)15-10-6-3-7-11-15/h2,4-5,8-9,15-16,18H,3,6-7,10-12H2,1H3/t16-,18+/m0/s1. The third-order valence-electron chi connectivity index (χ3n) is 5.56. The largest absolute Gasteiger partial charge is 0.334 e. The summed E-state index contributed by atoms with van der Waals surface area (Å²) in [4.78, 5) is 27.0.